The van der Waals surface area contributed by atoms with Crippen LogP contribution < -0.4 is 10.5 Å². The van der Waals surface area contributed by atoms with Gasteiger partial charge in [0.2, 0.25) is 5.91 Å². The summed E-state index contributed by atoms with van der Waals surface area (Å²) in [6, 6.07) is 3.33. The topological polar surface area (TPSA) is 92.8 Å². The summed E-state index contributed by atoms with van der Waals surface area (Å²) in [7, 11) is 0. The van der Waals surface area contributed by atoms with Crippen LogP contribution in [0.15, 0.2) is 22.7 Å². The van der Waals surface area contributed by atoms with E-state index < -0.39 is 35.8 Å². The zero-order chi connectivity index (χ0) is 14.8. The Kier molecular flexibility index (Phi) is 4.77. The van der Waals surface area contributed by atoms with E-state index in [1.165, 1.54) is 6.07 Å². The Hall–Kier alpha value is -1.32. The number of benzene rings is 1. The molecule has 0 aliphatic carbocycles. The largest absolute Gasteiger partial charge is 0.573 e. The number of rotatable bonds is 4. The molecule has 0 spiro atoms. The van der Waals surface area contributed by atoms with Crippen molar-refractivity contribution in [2.75, 3.05) is 0 Å². The summed E-state index contributed by atoms with van der Waals surface area (Å²) in [4.78, 5) is 10.7. The van der Waals surface area contributed by atoms with E-state index in [-0.39, 0.29) is 4.47 Å². The molecule has 2 atom stereocenters. The third kappa shape index (κ3) is 4.37. The van der Waals surface area contributed by atoms with Crippen molar-refractivity contribution in [2.24, 2.45) is 5.73 Å². The number of primary amides is 1. The van der Waals surface area contributed by atoms with Gasteiger partial charge in [-0.2, -0.15) is 0 Å². The van der Waals surface area contributed by atoms with Crippen molar-refractivity contribution in [1.82, 2.24) is 0 Å². The van der Waals surface area contributed by atoms with Gasteiger partial charge in [0.05, 0.1) is 0 Å². The highest BCUT2D eigenvalue weighted by Crippen LogP contribution is 2.34. The Bertz CT molecular complexity index is 480. The summed E-state index contributed by atoms with van der Waals surface area (Å²) in [5, 5.41) is 18.9. The molecule has 1 aromatic rings. The van der Waals surface area contributed by atoms with Crippen molar-refractivity contribution >= 4 is 21.8 Å². The summed E-state index contributed by atoms with van der Waals surface area (Å²) < 4.78 is 40.6. The number of aliphatic hydroxyl groups is 2. The first-order valence-corrected chi connectivity index (χ1v) is 5.62. The highest BCUT2D eigenvalue weighted by atomic mass is 79.9. The summed E-state index contributed by atoms with van der Waals surface area (Å²) in [6.07, 6.45) is -8.95. The first-order valence-electron chi connectivity index (χ1n) is 4.82. The molecular formula is C10H9BrF3NO4. The van der Waals surface area contributed by atoms with Crippen LogP contribution in [0.25, 0.3) is 0 Å². The molecule has 0 aliphatic rings. The van der Waals surface area contributed by atoms with Crippen LogP contribution in [0.4, 0.5) is 13.2 Å². The lowest BCUT2D eigenvalue weighted by atomic mass is 10.0. The van der Waals surface area contributed by atoms with Crippen molar-refractivity contribution in [3.05, 3.63) is 28.2 Å². The van der Waals surface area contributed by atoms with Crippen LogP contribution in [0.1, 0.15) is 11.7 Å². The van der Waals surface area contributed by atoms with Gasteiger partial charge in [0.15, 0.2) is 6.10 Å². The third-order valence-corrected chi connectivity index (χ3v) is 2.60. The van der Waals surface area contributed by atoms with Gasteiger partial charge in [0, 0.05) is 10.0 Å². The van der Waals surface area contributed by atoms with Crippen LogP contribution in [-0.4, -0.2) is 28.6 Å². The molecule has 0 heterocycles. The number of alkyl halides is 3. The Morgan fingerprint density at radius 3 is 2.42 bits per heavy atom. The average molecular weight is 344 g/mol. The van der Waals surface area contributed by atoms with E-state index in [1.54, 1.807) is 0 Å². The second-order valence-corrected chi connectivity index (χ2v) is 4.44. The number of ether oxygens (including phenoxy) is 1. The zero-order valence-corrected chi connectivity index (χ0v) is 10.8. The van der Waals surface area contributed by atoms with Crippen LogP contribution >= 0.6 is 15.9 Å². The number of hydrogen-bond acceptors (Lipinski definition) is 4. The van der Waals surface area contributed by atoms with Crippen molar-refractivity contribution in [2.45, 2.75) is 18.6 Å². The number of amides is 1. The fourth-order valence-corrected chi connectivity index (χ4v) is 1.63. The lowest BCUT2D eigenvalue weighted by Crippen LogP contribution is -2.34. The monoisotopic (exact) mass is 343 g/mol. The molecule has 19 heavy (non-hydrogen) atoms. The van der Waals surface area contributed by atoms with Crippen molar-refractivity contribution in [1.29, 1.82) is 0 Å². The molecule has 1 aromatic carbocycles. The molecule has 0 saturated carbocycles. The zero-order valence-electron chi connectivity index (χ0n) is 9.19. The number of aliphatic hydroxyl groups excluding tert-OH is 2. The second kappa shape index (κ2) is 5.76. The fourth-order valence-electron chi connectivity index (χ4n) is 1.29. The quantitative estimate of drug-likeness (QED) is 0.766. The van der Waals surface area contributed by atoms with Gasteiger partial charge in [-0.25, -0.2) is 0 Å². The van der Waals surface area contributed by atoms with E-state index in [0.717, 1.165) is 12.1 Å². The van der Waals surface area contributed by atoms with E-state index in [1.807, 2.05) is 0 Å². The van der Waals surface area contributed by atoms with Crippen LogP contribution in [-0.2, 0) is 4.79 Å². The predicted octanol–water partition coefficient (Wildman–Crippen LogP) is 1.23. The first kappa shape index (κ1) is 15.7. The number of nitrogens with two attached hydrogens (primary N) is 1. The number of carbonyl (C=O) groups excluding carboxylic acids is 1. The van der Waals surface area contributed by atoms with Gasteiger partial charge in [-0.05, 0) is 12.1 Å². The van der Waals surface area contributed by atoms with Gasteiger partial charge in [0.25, 0.3) is 0 Å². The molecule has 0 bridgehead atoms. The van der Waals surface area contributed by atoms with E-state index in [2.05, 4.69) is 20.7 Å². The highest BCUT2D eigenvalue weighted by Gasteiger charge is 2.34. The van der Waals surface area contributed by atoms with Crippen LogP contribution in [0.2, 0.25) is 0 Å². The minimum Gasteiger partial charge on any atom is -0.405 e. The average Bonchev–Trinajstić information content (AvgIpc) is 2.25. The van der Waals surface area contributed by atoms with Crippen LogP contribution in [0, 0.1) is 0 Å². The second-order valence-electron chi connectivity index (χ2n) is 3.52. The number of halogens is 4. The fraction of sp³-hybridized carbons (Fsp3) is 0.300. The number of carbonyl (C=O) groups is 1. The van der Waals surface area contributed by atoms with Gasteiger partial charge in [-0.3, -0.25) is 4.79 Å². The lowest BCUT2D eigenvalue weighted by molar-refractivity contribution is -0.275. The summed E-state index contributed by atoms with van der Waals surface area (Å²) in [5.41, 5.74) is 4.35. The van der Waals surface area contributed by atoms with Gasteiger partial charge in [0.1, 0.15) is 11.9 Å². The molecule has 1 amide bonds. The Labute approximate surface area is 113 Å². The lowest BCUT2D eigenvalue weighted by Gasteiger charge is -2.19. The smallest absolute Gasteiger partial charge is 0.405 e. The highest BCUT2D eigenvalue weighted by molar-refractivity contribution is 9.10. The SMILES string of the molecule is NC(=O)C(O)C(O)c1ccc(Br)cc1OC(F)(F)F. The van der Waals surface area contributed by atoms with E-state index in [9.17, 15) is 28.2 Å². The van der Waals surface area contributed by atoms with Gasteiger partial charge in [-0.1, -0.05) is 22.0 Å². The van der Waals surface area contributed by atoms with E-state index >= 15 is 0 Å². The summed E-state index contributed by atoms with van der Waals surface area (Å²) in [5.74, 6) is -2.01. The molecule has 2 unspecified atom stereocenters. The molecule has 4 N–H and O–H groups in total. The Morgan fingerprint density at radius 2 is 1.95 bits per heavy atom. The molecule has 0 aromatic heterocycles. The summed E-state index contributed by atoms with van der Waals surface area (Å²) in [6.45, 7) is 0. The normalized spacial score (nSPS) is 14.8. The van der Waals surface area contributed by atoms with Crippen molar-refractivity contribution < 1.29 is 32.9 Å². The Balaban J connectivity index is 3.16. The van der Waals surface area contributed by atoms with Crippen molar-refractivity contribution in [3.8, 4) is 5.75 Å². The molecule has 0 fully saturated rings. The molecular weight excluding hydrogens is 335 g/mol. The number of hydrogen-bond donors (Lipinski definition) is 3. The third-order valence-electron chi connectivity index (χ3n) is 2.11. The molecule has 0 radical (unpaired) electrons. The summed E-state index contributed by atoms with van der Waals surface area (Å²) >= 11 is 2.94. The maximum Gasteiger partial charge on any atom is 0.573 e. The minimum atomic E-state index is -4.98. The standard InChI is InChI=1S/C10H9BrF3NO4/c11-4-1-2-5(7(16)8(17)9(15)18)6(3-4)19-10(12,13)14/h1-3,7-8,16-17H,(H2,15,18). The maximum absolute atomic E-state index is 12.2. The molecule has 0 saturated heterocycles. The minimum absolute atomic E-state index is 0.260. The van der Waals surface area contributed by atoms with Crippen LogP contribution in [0.3, 0.4) is 0 Å². The molecule has 9 heteroatoms. The van der Waals surface area contributed by atoms with Crippen molar-refractivity contribution in [3.63, 3.8) is 0 Å². The van der Waals surface area contributed by atoms with Gasteiger partial charge < -0.3 is 20.7 Å². The molecule has 5 nitrogen and oxygen atoms in total. The van der Waals surface area contributed by atoms with Gasteiger partial charge >= 0.3 is 6.36 Å². The molecule has 1 rings (SSSR count). The van der Waals surface area contributed by atoms with E-state index in [0.29, 0.717) is 0 Å². The van der Waals surface area contributed by atoms with Crippen LogP contribution in [0.5, 0.6) is 5.75 Å². The predicted molar refractivity (Wildman–Crippen MR) is 61.0 cm³/mol. The molecule has 106 valence electrons. The Morgan fingerprint density at radius 1 is 1.37 bits per heavy atom. The first-order chi connectivity index (χ1) is 8.61. The van der Waals surface area contributed by atoms with E-state index in [4.69, 9.17) is 5.73 Å². The molecule has 0 aliphatic heterocycles. The van der Waals surface area contributed by atoms with Gasteiger partial charge in [-0.15, -0.1) is 13.2 Å². The maximum atomic E-state index is 12.2.